The number of aryl methyl sites for hydroxylation is 2. The summed E-state index contributed by atoms with van der Waals surface area (Å²) in [5, 5.41) is 3.17. The van der Waals surface area contributed by atoms with E-state index in [-0.39, 0.29) is 0 Å². The molecule has 80 valence electrons. The topological polar surface area (TPSA) is 29.3 Å². The highest BCUT2D eigenvalue weighted by Crippen LogP contribution is 2.14. The minimum Gasteiger partial charge on any atom is -0.319 e. The lowest BCUT2D eigenvalue weighted by Gasteiger charge is -2.06. The molecule has 2 aromatic rings. The van der Waals surface area contributed by atoms with E-state index in [1.165, 1.54) is 11.2 Å². The molecule has 0 amide bonds. The van der Waals surface area contributed by atoms with Gasteiger partial charge in [0.1, 0.15) is 5.82 Å². The molecule has 2 aromatic heterocycles. The number of hydrogen-bond donors (Lipinski definition) is 1. The highest BCUT2D eigenvalue weighted by Gasteiger charge is 2.06. The minimum absolute atomic E-state index is 0.996. The molecule has 0 aliphatic rings. The molecule has 2 rings (SSSR count). The van der Waals surface area contributed by atoms with Crippen LogP contribution in [0.15, 0.2) is 18.2 Å². The van der Waals surface area contributed by atoms with E-state index >= 15 is 0 Å². The molecule has 0 saturated carbocycles. The Morgan fingerprint density at radius 1 is 1.33 bits per heavy atom. The zero-order chi connectivity index (χ0) is 10.8. The van der Waals surface area contributed by atoms with E-state index in [4.69, 9.17) is 0 Å². The monoisotopic (exact) mass is 203 g/mol. The highest BCUT2D eigenvalue weighted by molar-refractivity contribution is 5.53. The van der Waals surface area contributed by atoms with Crippen LogP contribution in [0.2, 0.25) is 0 Å². The fourth-order valence-corrected chi connectivity index (χ4v) is 2.02. The van der Waals surface area contributed by atoms with Crippen molar-refractivity contribution in [3.8, 4) is 0 Å². The second-order valence-corrected chi connectivity index (χ2v) is 3.84. The molecule has 0 unspecified atom stereocenters. The number of aromatic nitrogens is 2. The van der Waals surface area contributed by atoms with Gasteiger partial charge in [0.05, 0.1) is 11.2 Å². The molecule has 0 aromatic carbocycles. The SMILES string of the molecule is CNCCc1cccc2c(C)nc(C)n12. The maximum atomic E-state index is 4.50. The Balaban J connectivity index is 2.54. The summed E-state index contributed by atoms with van der Waals surface area (Å²) in [4.78, 5) is 4.50. The number of rotatable bonds is 3. The van der Waals surface area contributed by atoms with E-state index in [9.17, 15) is 0 Å². The molecule has 1 N–H and O–H groups in total. The third-order valence-corrected chi connectivity index (χ3v) is 2.73. The molecule has 0 fully saturated rings. The molecule has 2 heterocycles. The van der Waals surface area contributed by atoms with Gasteiger partial charge in [0.2, 0.25) is 0 Å². The van der Waals surface area contributed by atoms with Gasteiger partial charge in [-0.3, -0.25) is 0 Å². The van der Waals surface area contributed by atoms with Crippen LogP contribution in [0.3, 0.4) is 0 Å². The summed E-state index contributed by atoms with van der Waals surface area (Å²) in [5.74, 6) is 1.08. The van der Waals surface area contributed by atoms with E-state index in [1.54, 1.807) is 0 Å². The van der Waals surface area contributed by atoms with Gasteiger partial charge in [0.15, 0.2) is 0 Å². The van der Waals surface area contributed by atoms with Gasteiger partial charge < -0.3 is 9.72 Å². The second-order valence-electron chi connectivity index (χ2n) is 3.84. The lowest BCUT2D eigenvalue weighted by Crippen LogP contribution is -2.12. The third-order valence-electron chi connectivity index (χ3n) is 2.73. The van der Waals surface area contributed by atoms with Crippen LogP contribution in [0.4, 0.5) is 0 Å². The molecule has 15 heavy (non-hydrogen) atoms. The summed E-state index contributed by atoms with van der Waals surface area (Å²) in [6.45, 7) is 5.11. The Hall–Kier alpha value is -1.35. The zero-order valence-corrected chi connectivity index (χ0v) is 9.54. The number of nitrogens with one attached hydrogen (secondary N) is 1. The molecule has 0 spiro atoms. The van der Waals surface area contributed by atoms with E-state index in [1.807, 2.05) is 7.05 Å². The Morgan fingerprint density at radius 2 is 2.13 bits per heavy atom. The van der Waals surface area contributed by atoms with Gasteiger partial charge in [-0.1, -0.05) is 6.07 Å². The predicted molar refractivity (Wildman–Crippen MR) is 62.3 cm³/mol. The molecule has 0 bridgehead atoms. The van der Waals surface area contributed by atoms with Crippen LogP contribution in [0.5, 0.6) is 0 Å². The van der Waals surface area contributed by atoms with Crippen molar-refractivity contribution in [2.45, 2.75) is 20.3 Å². The summed E-state index contributed by atoms with van der Waals surface area (Å²) in [6.07, 6.45) is 1.03. The van der Waals surface area contributed by atoms with Crippen LogP contribution in [0.1, 0.15) is 17.2 Å². The minimum atomic E-state index is 0.996. The molecule has 3 nitrogen and oxygen atoms in total. The predicted octanol–water partition coefficient (Wildman–Crippen LogP) is 1.71. The summed E-state index contributed by atoms with van der Waals surface area (Å²) in [5.41, 5.74) is 3.65. The van der Waals surface area contributed by atoms with Crippen molar-refractivity contribution in [3.63, 3.8) is 0 Å². The van der Waals surface area contributed by atoms with E-state index in [0.717, 1.165) is 24.5 Å². The number of fused-ring (bicyclic) bond motifs is 1. The molecular formula is C12H17N3. The van der Waals surface area contributed by atoms with Crippen molar-refractivity contribution >= 4 is 5.52 Å². The van der Waals surface area contributed by atoms with Gasteiger partial charge in [-0.05, 0) is 33.0 Å². The lowest BCUT2D eigenvalue weighted by atomic mass is 10.2. The van der Waals surface area contributed by atoms with Crippen molar-refractivity contribution in [2.75, 3.05) is 13.6 Å². The number of nitrogens with zero attached hydrogens (tertiary/aromatic N) is 2. The first-order valence-electron chi connectivity index (χ1n) is 5.32. The first-order chi connectivity index (χ1) is 7.24. The van der Waals surface area contributed by atoms with E-state index < -0.39 is 0 Å². The normalized spacial score (nSPS) is 11.1. The number of imidazole rings is 1. The zero-order valence-electron chi connectivity index (χ0n) is 9.54. The molecule has 0 saturated heterocycles. The van der Waals surface area contributed by atoms with Gasteiger partial charge in [-0.25, -0.2) is 4.98 Å². The standard InChI is InChI=1S/C12H17N3/c1-9-12-6-4-5-11(7-8-13-3)15(12)10(2)14-9/h4-6,13H,7-8H2,1-3H3. The number of likely N-dealkylation sites (N-methyl/N-ethyl adjacent to an activating group) is 1. The van der Waals surface area contributed by atoms with Gasteiger partial charge in [-0.15, -0.1) is 0 Å². The largest absolute Gasteiger partial charge is 0.319 e. The quantitative estimate of drug-likeness (QED) is 0.823. The van der Waals surface area contributed by atoms with E-state index in [2.05, 4.69) is 46.7 Å². The molecule has 0 radical (unpaired) electrons. The molecule has 0 aliphatic carbocycles. The average molecular weight is 203 g/mol. The Morgan fingerprint density at radius 3 is 2.87 bits per heavy atom. The Labute approximate surface area is 90.1 Å². The van der Waals surface area contributed by atoms with Gasteiger partial charge in [0, 0.05) is 18.7 Å². The fraction of sp³-hybridized carbons (Fsp3) is 0.417. The van der Waals surface area contributed by atoms with Crippen molar-refractivity contribution in [1.82, 2.24) is 14.7 Å². The molecular weight excluding hydrogens is 186 g/mol. The van der Waals surface area contributed by atoms with Gasteiger partial charge in [0.25, 0.3) is 0 Å². The smallest absolute Gasteiger partial charge is 0.110 e. The van der Waals surface area contributed by atoms with Crippen LogP contribution < -0.4 is 5.32 Å². The summed E-state index contributed by atoms with van der Waals surface area (Å²) in [6, 6.07) is 6.39. The van der Waals surface area contributed by atoms with Crippen molar-refractivity contribution in [3.05, 3.63) is 35.4 Å². The molecule has 0 atom stereocenters. The van der Waals surface area contributed by atoms with E-state index in [0.29, 0.717) is 0 Å². The second kappa shape index (κ2) is 4.03. The Kier molecular flexibility index (Phi) is 2.73. The van der Waals surface area contributed by atoms with Crippen LogP contribution >= 0.6 is 0 Å². The van der Waals surface area contributed by atoms with Crippen LogP contribution in [-0.4, -0.2) is 23.0 Å². The van der Waals surface area contributed by atoms with Crippen LogP contribution in [-0.2, 0) is 6.42 Å². The summed E-state index contributed by atoms with van der Waals surface area (Å²) in [7, 11) is 1.98. The van der Waals surface area contributed by atoms with Crippen LogP contribution in [0.25, 0.3) is 5.52 Å². The highest BCUT2D eigenvalue weighted by atomic mass is 15.0. The maximum Gasteiger partial charge on any atom is 0.110 e. The number of pyridine rings is 1. The lowest BCUT2D eigenvalue weighted by molar-refractivity contribution is 0.763. The fourth-order valence-electron chi connectivity index (χ4n) is 2.02. The van der Waals surface area contributed by atoms with Crippen molar-refractivity contribution in [2.24, 2.45) is 0 Å². The first kappa shape index (κ1) is 10.2. The van der Waals surface area contributed by atoms with Crippen LogP contribution in [0, 0.1) is 13.8 Å². The Bertz CT molecular complexity index is 471. The molecule has 0 aliphatic heterocycles. The van der Waals surface area contributed by atoms with Crippen molar-refractivity contribution < 1.29 is 0 Å². The van der Waals surface area contributed by atoms with Gasteiger partial charge >= 0.3 is 0 Å². The molecule has 3 heteroatoms. The summed E-state index contributed by atoms with van der Waals surface area (Å²) >= 11 is 0. The first-order valence-corrected chi connectivity index (χ1v) is 5.32. The maximum absolute atomic E-state index is 4.50. The average Bonchev–Trinajstić information content (AvgIpc) is 2.53. The summed E-state index contributed by atoms with van der Waals surface area (Å²) < 4.78 is 2.24. The van der Waals surface area contributed by atoms with Gasteiger partial charge in [-0.2, -0.15) is 0 Å². The third kappa shape index (κ3) is 1.75. The van der Waals surface area contributed by atoms with Crippen molar-refractivity contribution in [1.29, 1.82) is 0 Å². The number of hydrogen-bond acceptors (Lipinski definition) is 2.